The first-order valence-corrected chi connectivity index (χ1v) is 9.68. The van der Waals surface area contributed by atoms with Crippen molar-refractivity contribution < 1.29 is 8.42 Å². The topological polar surface area (TPSA) is 46.2 Å². The summed E-state index contributed by atoms with van der Waals surface area (Å²) in [6.07, 6.45) is 0.754. The summed E-state index contributed by atoms with van der Waals surface area (Å²) in [5.74, 6) is 0.337. The van der Waals surface area contributed by atoms with Crippen molar-refractivity contribution in [2.75, 3.05) is 0 Å². The first-order chi connectivity index (χ1) is 10.9. The number of hydrogen-bond acceptors (Lipinski definition) is 2. The van der Waals surface area contributed by atoms with Crippen molar-refractivity contribution >= 4 is 21.6 Å². The van der Waals surface area contributed by atoms with Crippen LogP contribution >= 0.6 is 11.6 Å². The number of sulfonamides is 1. The van der Waals surface area contributed by atoms with Gasteiger partial charge in [-0.1, -0.05) is 67.9 Å². The Morgan fingerprint density at radius 3 is 2.17 bits per heavy atom. The van der Waals surface area contributed by atoms with Crippen molar-refractivity contribution in [3.63, 3.8) is 0 Å². The lowest BCUT2D eigenvalue weighted by molar-refractivity contribution is 0.472. The standard InChI is InChI=1S/C18H22ClNO2S/c1-14(2)12-18(16-6-4-3-5-7-16)20-23(21,22)13-15-8-10-17(19)11-9-15/h3-11,14,18,20H,12-13H2,1-2H3/t18-/m0/s1. The molecule has 0 spiro atoms. The highest BCUT2D eigenvalue weighted by Crippen LogP contribution is 2.23. The highest BCUT2D eigenvalue weighted by molar-refractivity contribution is 7.88. The van der Waals surface area contributed by atoms with E-state index >= 15 is 0 Å². The maximum atomic E-state index is 12.5. The van der Waals surface area contributed by atoms with E-state index in [1.807, 2.05) is 30.3 Å². The molecule has 1 N–H and O–H groups in total. The Labute approximate surface area is 143 Å². The summed E-state index contributed by atoms with van der Waals surface area (Å²) >= 11 is 5.84. The largest absolute Gasteiger partial charge is 0.216 e. The fraction of sp³-hybridized carbons (Fsp3) is 0.333. The zero-order valence-electron chi connectivity index (χ0n) is 13.4. The molecule has 0 saturated heterocycles. The SMILES string of the molecule is CC(C)C[C@H](NS(=O)(=O)Cc1ccc(Cl)cc1)c1ccccc1. The average Bonchev–Trinajstić information content (AvgIpc) is 2.49. The van der Waals surface area contributed by atoms with Crippen molar-refractivity contribution in [2.24, 2.45) is 5.92 Å². The van der Waals surface area contributed by atoms with E-state index in [1.165, 1.54) is 0 Å². The van der Waals surface area contributed by atoms with E-state index in [0.717, 1.165) is 17.5 Å². The Kier molecular flexibility index (Phi) is 6.22. The van der Waals surface area contributed by atoms with Crippen LogP contribution in [0.3, 0.4) is 0 Å². The molecule has 0 bridgehead atoms. The molecule has 0 aromatic heterocycles. The van der Waals surface area contributed by atoms with Crippen LogP contribution in [0.25, 0.3) is 0 Å². The van der Waals surface area contributed by atoms with Gasteiger partial charge in [0.05, 0.1) is 5.75 Å². The summed E-state index contributed by atoms with van der Waals surface area (Å²) in [4.78, 5) is 0. The first kappa shape index (κ1) is 18.0. The van der Waals surface area contributed by atoms with Gasteiger partial charge in [0, 0.05) is 11.1 Å². The molecule has 0 aliphatic rings. The van der Waals surface area contributed by atoms with Crippen LogP contribution < -0.4 is 4.72 Å². The molecule has 0 radical (unpaired) electrons. The Morgan fingerprint density at radius 1 is 1.00 bits per heavy atom. The van der Waals surface area contributed by atoms with Gasteiger partial charge in [0.15, 0.2) is 0 Å². The second-order valence-corrected chi connectivity index (χ2v) is 8.29. The van der Waals surface area contributed by atoms with E-state index in [0.29, 0.717) is 10.9 Å². The number of hydrogen-bond donors (Lipinski definition) is 1. The Morgan fingerprint density at radius 2 is 1.61 bits per heavy atom. The fourth-order valence-electron chi connectivity index (χ4n) is 2.47. The van der Waals surface area contributed by atoms with Crippen LogP contribution in [0.1, 0.15) is 37.4 Å². The van der Waals surface area contributed by atoms with E-state index in [-0.39, 0.29) is 11.8 Å². The summed E-state index contributed by atoms with van der Waals surface area (Å²) < 4.78 is 27.9. The van der Waals surface area contributed by atoms with Crippen molar-refractivity contribution in [3.8, 4) is 0 Å². The van der Waals surface area contributed by atoms with Crippen LogP contribution in [-0.2, 0) is 15.8 Å². The van der Waals surface area contributed by atoms with E-state index in [2.05, 4.69) is 18.6 Å². The van der Waals surface area contributed by atoms with Crippen LogP contribution in [0.2, 0.25) is 5.02 Å². The molecule has 0 aliphatic carbocycles. The van der Waals surface area contributed by atoms with Gasteiger partial charge in [0.2, 0.25) is 10.0 Å². The Balaban J connectivity index is 2.15. The Hall–Kier alpha value is -1.36. The fourth-order valence-corrected chi connectivity index (χ4v) is 3.97. The maximum Gasteiger partial charge on any atom is 0.216 e. The van der Waals surface area contributed by atoms with Crippen LogP contribution in [0.4, 0.5) is 0 Å². The Bertz CT molecular complexity index is 712. The summed E-state index contributed by atoms with van der Waals surface area (Å²) in [6.45, 7) is 4.17. The predicted octanol–water partition coefficient (Wildman–Crippen LogP) is 4.55. The lowest BCUT2D eigenvalue weighted by Crippen LogP contribution is -2.30. The van der Waals surface area contributed by atoms with Crippen molar-refractivity contribution in [3.05, 3.63) is 70.7 Å². The molecule has 2 rings (SSSR count). The minimum Gasteiger partial charge on any atom is -0.212 e. The molecular formula is C18H22ClNO2S. The zero-order valence-corrected chi connectivity index (χ0v) is 14.9. The van der Waals surface area contributed by atoms with Crippen LogP contribution in [0, 0.1) is 5.92 Å². The molecule has 3 nitrogen and oxygen atoms in total. The van der Waals surface area contributed by atoms with Crippen molar-refractivity contribution in [2.45, 2.75) is 32.1 Å². The van der Waals surface area contributed by atoms with Gasteiger partial charge in [-0.05, 0) is 35.6 Å². The lowest BCUT2D eigenvalue weighted by atomic mass is 9.98. The first-order valence-electron chi connectivity index (χ1n) is 7.65. The third kappa shape index (κ3) is 5.98. The summed E-state index contributed by atoms with van der Waals surface area (Å²) in [6, 6.07) is 16.4. The van der Waals surface area contributed by atoms with Crippen LogP contribution in [0.15, 0.2) is 54.6 Å². The third-order valence-electron chi connectivity index (χ3n) is 3.50. The van der Waals surface area contributed by atoms with Gasteiger partial charge in [-0.2, -0.15) is 0 Å². The van der Waals surface area contributed by atoms with Gasteiger partial charge >= 0.3 is 0 Å². The van der Waals surface area contributed by atoms with Gasteiger partial charge in [-0.3, -0.25) is 0 Å². The van der Waals surface area contributed by atoms with Gasteiger partial charge in [0.25, 0.3) is 0 Å². The summed E-state index contributed by atoms with van der Waals surface area (Å²) in [7, 11) is -3.43. The van der Waals surface area contributed by atoms with Gasteiger partial charge in [0.1, 0.15) is 0 Å². The molecule has 1 atom stereocenters. The number of rotatable bonds is 7. The van der Waals surface area contributed by atoms with Crippen LogP contribution in [-0.4, -0.2) is 8.42 Å². The molecule has 0 amide bonds. The second-order valence-electron chi connectivity index (χ2n) is 6.10. The molecule has 5 heteroatoms. The lowest BCUT2D eigenvalue weighted by Gasteiger charge is -2.21. The maximum absolute atomic E-state index is 12.5. The summed E-state index contributed by atoms with van der Waals surface area (Å²) in [5.41, 5.74) is 1.71. The quantitative estimate of drug-likeness (QED) is 0.795. The molecule has 0 unspecified atom stereocenters. The second kappa shape index (κ2) is 7.95. The minimum atomic E-state index is -3.43. The highest BCUT2D eigenvalue weighted by Gasteiger charge is 2.20. The molecule has 124 valence electrons. The van der Waals surface area contributed by atoms with Crippen LogP contribution in [0.5, 0.6) is 0 Å². The molecule has 0 saturated carbocycles. The van der Waals surface area contributed by atoms with Crippen molar-refractivity contribution in [1.82, 2.24) is 4.72 Å². The highest BCUT2D eigenvalue weighted by atomic mass is 35.5. The molecule has 0 fully saturated rings. The molecular weight excluding hydrogens is 330 g/mol. The molecule has 0 aliphatic heterocycles. The van der Waals surface area contributed by atoms with E-state index in [9.17, 15) is 8.42 Å². The van der Waals surface area contributed by atoms with E-state index in [4.69, 9.17) is 11.6 Å². The van der Waals surface area contributed by atoms with Gasteiger partial charge < -0.3 is 0 Å². The molecule has 23 heavy (non-hydrogen) atoms. The number of halogens is 1. The summed E-state index contributed by atoms with van der Waals surface area (Å²) in [5, 5.41) is 0.598. The minimum absolute atomic E-state index is 0.0500. The number of nitrogens with one attached hydrogen (secondary N) is 1. The monoisotopic (exact) mass is 351 g/mol. The van der Waals surface area contributed by atoms with E-state index in [1.54, 1.807) is 24.3 Å². The number of benzene rings is 2. The smallest absolute Gasteiger partial charge is 0.212 e. The van der Waals surface area contributed by atoms with Gasteiger partial charge in [-0.15, -0.1) is 0 Å². The molecule has 0 heterocycles. The predicted molar refractivity (Wildman–Crippen MR) is 95.8 cm³/mol. The zero-order chi connectivity index (χ0) is 16.9. The molecule has 2 aromatic carbocycles. The normalized spacial score (nSPS) is 13.2. The van der Waals surface area contributed by atoms with Gasteiger partial charge in [-0.25, -0.2) is 13.1 Å². The molecule has 2 aromatic rings. The average molecular weight is 352 g/mol. The van der Waals surface area contributed by atoms with Crippen molar-refractivity contribution in [1.29, 1.82) is 0 Å². The third-order valence-corrected chi connectivity index (χ3v) is 5.11. The van der Waals surface area contributed by atoms with E-state index < -0.39 is 10.0 Å².